The first-order valence-corrected chi connectivity index (χ1v) is 7.09. The molecule has 0 N–H and O–H groups in total. The molecule has 0 bridgehead atoms. The lowest BCUT2D eigenvalue weighted by Crippen LogP contribution is -2.40. The highest BCUT2D eigenvalue weighted by Crippen LogP contribution is 2.17. The number of carbonyl (C=O) groups is 2. The Kier molecular flexibility index (Phi) is 7.02. The molecule has 1 saturated heterocycles. The van der Waals surface area contributed by atoms with Crippen molar-refractivity contribution in [2.75, 3.05) is 40.3 Å². The fraction of sp³-hybridized carbons (Fsp3) is 0.857. The van der Waals surface area contributed by atoms with Crippen LogP contribution in [0.25, 0.3) is 0 Å². The van der Waals surface area contributed by atoms with E-state index in [1.165, 1.54) is 0 Å². The molecule has 5 heteroatoms. The lowest BCUT2D eigenvalue weighted by Gasteiger charge is -2.26. The SMILES string of the molecule is CCOC(=O)CCC(=O)CN1CCCC1CN(C)C. The van der Waals surface area contributed by atoms with Gasteiger partial charge in [-0.25, -0.2) is 0 Å². The lowest BCUT2D eigenvalue weighted by atomic mass is 10.2. The van der Waals surface area contributed by atoms with Crippen LogP contribution in [-0.4, -0.2) is 67.9 Å². The number of likely N-dealkylation sites (tertiary alicyclic amines) is 1. The van der Waals surface area contributed by atoms with Gasteiger partial charge in [-0.15, -0.1) is 0 Å². The molecule has 1 atom stereocenters. The fourth-order valence-electron chi connectivity index (χ4n) is 2.51. The molecular formula is C14H26N2O3. The van der Waals surface area contributed by atoms with Crippen molar-refractivity contribution in [3.05, 3.63) is 0 Å². The molecule has 1 aliphatic heterocycles. The van der Waals surface area contributed by atoms with E-state index < -0.39 is 0 Å². The molecule has 0 saturated carbocycles. The van der Waals surface area contributed by atoms with E-state index in [2.05, 4.69) is 23.9 Å². The topological polar surface area (TPSA) is 49.9 Å². The van der Waals surface area contributed by atoms with Crippen molar-refractivity contribution in [3.8, 4) is 0 Å². The average molecular weight is 270 g/mol. The number of likely N-dealkylation sites (N-methyl/N-ethyl adjacent to an activating group) is 1. The monoisotopic (exact) mass is 270 g/mol. The molecule has 0 aromatic heterocycles. The Morgan fingerprint density at radius 2 is 2.05 bits per heavy atom. The molecule has 1 heterocycles. The molecular weight excluding hydrogens is 244 g/mol. The highest BCUT2D eigenvalue weighted by molar-refractivity contribution is 5.84. The molecule has 0 aliphatic carbocycles. The van der Waals surface area contributed by atoms with E-state index in [1.807, 2.05) is 0 Å². The van der Waals surface area contributed by atoms with Crippen LogP contribution < -0.4 is 0 Å². The molecule has 0 aromatic carbocycles. The molecule has 1 fully saturated rings. The summed E-state index contributed by atoms with van der Waals surface area (Å²) in [6, 6.07) is 0.474. The van der Waals surface area contributed by atoms with Gasteiger partial charge in [0.2, 0.25) is 0 Å². The summed E-state index contributed by atoms with van der Waals surface area (Å²) < 4.78 is 4.82. The minimum Gasteiger partial charge on any atom is -0.466 e. The van der Waals surface area contributed by atoms with E-state index in [4.69, 9.17) is 4.74 Å². The Morgan fingerprint density at radius 3 is 2.68 bits per heavy atom. The third-order valence-electron chi connectivity index (χ3n) is 3.37. The van der Waals surface area contributed by atoms with Gasteiger partial charge in [0, 0.05) is 19.0 Å². The Bertz CT molecular complexity index is 305. The number of nitrogens with zero attached hydrogens (tertiary/aromatic N) is 2. The van der Waals surface area contributed by atoms with Crippen LogP contribution in [0.1, 0.15) is 32.6 Å². The van der Waals surface area contributed by atoms with E-state index in [0.717, 1.165) is 25.9 Å². The molecule has 1 unspecified atom stereocenters. The van der Waals surface area contributed by atoms with E-state index in [-0.39, 0.29) is 18.2 Å². The highest BCUT2D eigenvalue weighted by Gasteiger charge is 2.26. The quantitative estimate of drug-likeness (QED) is 0.614. The van der Waals surface area contributed by atoms with Crippen LogP contribution in [-0.2, 0) is 14.3 Å². The number of Topliss-reactive ketones (excluding diaryl/α,β-unsaturated/α-hetero) is 1. The number of esters is 1. The molecule has 0 aromatic rings. The van der Waals surface area contributed by atoms with Crippen LogP contribution in [0.2, 0.25) is 0 Å². The summed E-state index contributed by atoms with van der Waals surface area (Å²) in [5, 5.41) is 0. The predicted molar refractivity (Wildman–Crippen MR) is 74.0 cm³/mol. The van der Waals surface area contributed by atoms with Gasteiger partial charge in [-0.2, -0.15) is 0 Å². The van der Waals surface area contributed by atoms with Crippen LogP contribution >= 0.6 is 0 Å². The van der Waals surface area contributed by atoms with Crippen LogP contribution in [0.4, 0.5) is 0 Å². The molecule has 0 spiro atoms. The van der Waals surface area contributed by atoms with Crippen LogP contribution in [0.3, 0.4) is 0 Å². The first-order chi connectivity index (χ1) is 9.02. The number of ketones is 1. The minimum atomic E-state index is -0.276. The third kappa shape index (κ3) is 6.16. The molecule has 19 heavy (non-hydrogen) atoms. The molecule has 110 valence electrons. The standard InChI is InChI=1S/C14H26N2O3/c1-4-19-14(18)8-7-13(17)11-16-9-5-6-12(16)10-15(2)3/h12H,4-11H2,1-3H3. The highest BCUT2D eigenvalue weighted by atomic mass is 16.5. The average Bonchev–Trinajstić information content (AvgIpc) is 2.73. The van der Waals surface area contributed by atoms with Gasteiger partial charge in [-0.1, -0.05) is 0 Å². The zero-order chi connectivity index (χ0) is 14.3. The van der Waals surface area contributed by atoms with Crippen LogP contribution in [0, 0.1) is 0 Å². The van der Waals surface area contributed by atoms with Crippen molar-refractivity contribution >= 4 is 11.8 Å². The summed E-state index contributed by atoms with van der Waals surface area (Å²) in [7, 11) is 4.11. The van der Waals surface area contributed by atoms with E-state index >= 15 is 0 Å². The van der Waals surface area contributed by atoms with Gasteiger partial charge in [0.15, 0.2) is 0 Å². The normalized spacial score (nSPS) is 19.9. The second kappa shape index (κ2) is 8.27. The lowest BCUT2D eigenvalue weighted by molar-refractivity contribution is -0.144. The van der Waals surface area contributed by atoms with E-state index in [1.54, 1.807) is 6.92 Å². The number of ether oxygens (including phenoxy) is 1. The first kappa shape index (κ1) is 16.1. The second-order valence-corrected chi connectivity index (χ2v) is 5.37. The molecule has 5 nitrogen and oxygen atoms in total. The van der Waals surface area contributed by atoms with Crippen molar-refractivity contribution < 1.29 is 14.3 Å². The zero-order valence-electron chi connectivity index (χ0n) is 12.4. The maximum Gasteiger partial charge on any atom is 0.306 e. The number of hydrogen-bond acceptors (Lipinski definition) is 5. The fourth-order valence-corrected chi connectivity index (χ4v) is 2.51. The molecule has 0 amide bonds. The van der Waals surface area contributed by atoms with E-state index in [0.29, 0.717) is 25.6 Å². The summed E-state index contributed by atoms with van der Waals surface area (Å²) >= 11 is 0. The molecule has 1 rings (SSSR count). The number of carbonyl (C=O) groups excluding carboxylic acids is 2. The van der Waals surface area contributed by atoms with Gasteiger partial charge >= 0.3 is 5.97 Å². The smallest absolute Gasteiger partial charge is 0.306 e. The Balaban J connectivity index is 2.29. The van der Waals surface area contributed by atoms with Crippen molar-refractivity contribution in [1.82, 2.24) is 9.80 Å². The first-order valence-electron chi connectivity index (χ1n) is 7.09. The summed E-state index contributed by atoms with van der Waals surface area (Å²) in [6.07, 6.45) is 2.82. The Morgan fingerprint density at radius 1 is 1.32 bits per heavy atom. The van der Waals surface area contributed by atoms with Crippen molar-refractivity contribution in [2.45, 2.75) is 38.6 Å². The minimum absolute atomic E-state index is 0.138. The van der Waals surface area contributed by atoms with Crippen molar-refractivity contribution in [1.29, 1.82) is 0 Å². The van der Waals surface area contributed by atoms with Crippen LogP contribution in [0.15, 0.2) is 0 Å². The number of hydrogen-bond donors (Lipinski definition) is 0. The zero-order valence-corrected chi connectivity index (χ0v) is 12.4. The summed E-state index contributed by atoms with van der Waals surface area (Å²) in [6.45, 7) is 4.60. The van der Waals surface area contributed by atoms with Gasteiger partial charge in [0.25, 0.3) is 0 Å². The van der Waals surface area contributed by atoms with Crippen LogP contribution in [0.5, 0.6) is 0 Å². The maximum absolute atomic E-state index is 11.9. The van der Waals surface area contributed by atoms with E-state index in [9.17, 15) is 9.59 Å². The third-order valence-corrected chi connectivity index (χ3v) is 3.37. The van der Waals surface area contributed by atoms with Gasteiger partial charge in [0.05, 0.1) is 19.6 Å². The van der Waals surface area contributed by atoms with Crippen molar-refractivity contribution in [3.63, 3.8) is 0 Å². The predicted octanol–water partition coefficient (Wildman–Crippen LogP) is 0.925. The summed E-state index contributed by atoms with van der Waals surface area (Å²) in [5.41, 5.74) is 0. The Hall–Kier alpha value is -0.940. The summed E-state index contributed by atoms with van der Waals surface area (Å²) in [5.74, 6) is -0.138. The van der Waals surface area contributed by atoms with Gasteiger partial charge in [-0.3, -0.25) is 14.5 Å². The number of rotatable bonds is 8. The summed E-state index contributed by atoms with van der Waals surface area (Å²) in [4.78, 5) is 27.5. The van der Waals surface area contributed by atoms with Gasteiger partial charge in [0.1, 0.15) is 5.78 Å². The van der Waals surface area contributed by atoms with Crippen molar-refractivity contribution in [2.24, 2.45) is 0 Å². The molecule has 1 aliphatic rings. The largest absolute Gasteiger partial charge is 0.466 e. The second-order valence-electron chi connectivity index (χ2n) is 5.37. The maximum atomic E-state index is 11.9. The van der Waals surface area contributed by atoms with Gasteiger partial charge in [-0.05, 0) is 40.4 Å². The van der Waals surface area contributed by atoms with Gasteiger partial charge < -0.3 is 9.64 Å². The molecule has 0 radical (unpaired) electrons. The Labute approximate surface area is 115 Å².